The summed E-state index contributed by atoms with van der Waals surface area (Å²) in [6, 6.07) is 31.2. The second-order valence-electron chi connectivity index (χ2n) is 18.7. The van der Waals surface area contributed by atoms with Crippen molar-refractivity contribution >= 4 is 52.3 Å². The molecule has 0 bridgehead atoms. The fourth-order valence-electron chi connectivity index (χ4n) is 7.77. The maximum Gasteiger partial charge on any atom is 0.335 e. The zero-order chi connectivity index (χ0) is 53.5. The Balaban J connectivity index is 1.16. The van der Waals surface area contributed by atoms with Crippen LogP contribution in [0.5, 0.6) is 6.01 Å². The van der Waals surface area contributed by atoms with Crippen LogP contribution in [0, 0.1) is 17.9 Å². The Morgan fingerprint density at radius 2 is 1.04 bits per heavy atom. The monoisotopic (exact) mass is 1000 g/mol. The zero-order valence-electron chi connectivity index (χ0n) is 40.8. The first-order chi connectivity index (χ1) is 35.8. The number of carboxylic acid groups (broad SMARTS) is 2. The van der Waals surface area contributed by atoms with Crippen molar-refractivity contribution < 1.29 is 24.9 Å². The Labute approximate surface area is 426 Å². The maximum absolute atomic E-state index is 12.0. The van der Waals surface area contributed by atoms with Crippen LogP contribution in [-0.2, 0) is 10.8 Å². The summed E-state index contributed by atoms with van der Waals surface area (Å²) in [7, 11) is 0. The minimum absolute atomic E-state index is 0.0184. The molecule has 0 unspecified atom stereocenters. The molecule has 5 heterocycles. The molecule has 0 saturated heterocycles. The highest BCUT2D eigenvalue weighted by Gasteiger charge is 2.32. The molecule has 9 aromatic rings. The molecule has 0 saturated carbocycles. The van der Waals surface area contributed by atoms with Gasteiger partial charge in [0.25, 0.3) is 17.6 Å². The standard InChI is InChI=1S/C51H43N19O5/c1-50(2,3)39-37(59-61-43-33(26-52)34(27-16-10-8-11-17-27)63-67(43)31-22-14-20-29(24-31)45(71)72)41(53)69(65-39)47-56-48(58-49(75)57-47)70-42(54)38(40(66-70)51(4,5)6)60-62-44-36(55-7)35(28-18-12-9-13-19-28)64-68(44)32-23-15-21-30(25-32)46(73)74/h8-25H,53-54H2,1-6H3,(H,71,72)(H,73,74)(H,56,57,58,75). The first-order valence-corrected chi connectivity index (χ1v) is 22.7. The molecular formula is C51H43N19O5. The minimum atomic E-state index is -1.17. The fourth-order valence-corrected chi connectivity index (χ4v) is 7.77. The van der Waals surface area contributed by atoms with Gasteiger partial charge in [0.05, 0.1) is 40.5 Å². The number of azo groups is 2. The fraction of sp³-hybridized carbons (Fsp3) is 0.157. The van der Waals surface area contributed by atoms with Crippen LogP contribution < -0.4 is 11.5 Å². The van der Waals surface area contributed by atoms with Crippen molar-refractivity contribution in [1.29, 1.82) is 5.26 Å². The van der Waals surface area contributed by atoms with Crippen LogP contribution in [0.25, 0.3) is 50.6 Å². The average molecular weight is 1000 g/mol. The zero-order valence-corrected chi connectivity index (χ0v) is 40.8. The lowest BCUT2D eigenvalue weighted by molar-refractivity contribution is 0.0686. The van der Waals surface area contributed by atoms with E-state index in [9.17, 15) is 30.2 Å². The predicted octanol–water partition coefficient (Wildman–Crippen LogP) is 10.1. The number of hydrogen-bond donors (Lipinski definition) is 5. The van der Waals surface area contributed by atoms with Crippen LogP contribution in [0.15, 0.2) is 130 Å². The first kappa shape index (κ1) is 49.2. The third-order valence-electron chi connectivity index (χ3n) is 11.4. The van der Waals surface area contributed by atoms with Gasteiger partial charge in [-0.3, -0.25) is 0 Å². The molecule has 5 aromatic heterocycles. The number of nitrogens with two attached hydrogens (primary N) is 2. The first-order valence-electron chi connectivity index (χ1n) is 22.7. The molecular weight excluding hydrogens is 959 g/mol. The summed E-state index contributed by atoms with van der Waals surface area (Å²) in [6.07, 6.45) is 0. The molecule has 24 nitrogen and oxygen atoms in total. The predicted molar refractivity (Wildman–Crippen MR) is 273 cm³/mol. The molecule has 24 heteroatoms. The third kappa shape index (κ3) is 9.36. The van der Waals surface area contributed by atoms with Gasteiger partial charge in [0.15, 0.2) is 34.6 Å². The summed E-state index contributed by atoms with van der Waals surface area (Å²) in [5.74, 6) is -3.29. The van der Waals surface area contributed by atoms with Crippen molar-refractivity contribution in [3.8, 4) is 57.9 Å². The summed E-state index contributed by atoms with van der Waals surface area (Å²) in [6.45, 7) is 19.3. The van der Waals surface area contributed by atoms with Crippen molar-refractivity contribution in [2.75, 3.05) is 11.5 Å². The van der Waals surface area contributed by atoms with Crippen LogP contribution in [0.3, 0.4) is 0 Å². The molecule has 0 radical (unpaired) electrons. The smallest absolute Gasteiger partial charge is 0.335 e. The summed E-state index contributed by atoms with van der Waals surface area (Å²) < 4.78 is 4.89. The van der Waals surface area contributed by atoms with Gasteiger partial charge >= 0.3 is 17.9 Å². The Morgan fingerprint density at radius 1 is 0.600 bits per heavy atom. The van der Waals surface area contributed by atoms with Crippen molar-refractivity contribution in [2.24, 2.45) is 20.5 Å². The number of benzene rings is 4. The Kier molecular flexibility index (Phi) is 12.5. The van der Waals surface area contributed by atoms with Gasteiger partial charge in [0, 0.05) is 16.4 Å². The van der Waals surface area contributed by atoms with E-state index >= 15 is 0 Å². The molecule has 4 aromatic carbocycles. The Morgan fingerprint density at radius 3 is 1.48 bits per heavy atom. The lowest BCUT2D eigenvalue weighted by Gasteiger charge is -2.15. The molecule has 0 spiro atoms. The van der Waals surface area contributed by atoms with Crippen molar-refractivity contribution in [2.45, 2.75) is 52.4 Å². The van der Waals surface area contributed by atoms with E-state index in [0.717, 1.165) is 9.36 Å². The number of nitrogen functional groups attached to an aromatic ring is 2. The van der Waals surface area contributed by atoms with E-state index in [1.54, 1.807) is 66.7 Å². The summed E-state index contributed by atoms with van der Waals surface area (Å²) in [5, 5.41) is 78.4. The van der Waals surface area contributed by atoms with Gasteiger partial charge in [0.1, 0.15) is 23.0 Å². The van der Waals surface area contributed by atoms with Crippen LogP contribution in [-0.4, -0.2) is 81.3 Å². The largest absolute Gasteiger partial charge is 0.479 e. The van der Waals surface area contributed by atoms with Gasteiger partial charge in [0.2, 0.25) is 0 Å². The molecule has 372 valence electrons. The van der Waals surface area contributed by atoms with E-state index in [1.807, 2.05) is 53.7 Å². The van der Waals surface area contributed by atoms with Crippen molar-refractivity contribution in [1.82, 2.24) is 54.1 Å². The number of anilines is 2. The number of carboxylic acids is 2. The number of nitrogens with zero attached hydrogens (tertiary/aromatic N) is 17. The van der Waals surface area contributed by atoms with E-state index in [4.69, 9.17) is 38.4 Å². The molecule has 7 N–H and O–H groups in total. The van der Waals surface area contributed by atoms with E-state index in [0.29, 0.717) is 28.2 Å². The van der Waals surface area contributed by atoms with E-state index in [2.05, 4.69) is 46.3 Å². The number of aromatic hydroxyl groups is 1. The van der Waals surface area contributed by atoms with Crippen LogP contribution in [0.2, 0.25) is 0 Å². The molecule has 0 amide bonds. The minimum Gasteiger partial charge on any atom is -0.479 e. The van der Waals surface area contributed by atoms with Gasteiger partial charge in [-0.05, 0) is 42.0 Å². The van der Waals surface area contributed by atoms with Crippen LogP contribution in [0.1, 0.15) is 79.2 Å². The highest BCUT2D eigenvalue weighted by atomic mass is 16.4. The Bertz CT molecular complexity index is 3630. The molecule has 9 rings (SSSR count). The Hall–Kier alpha value is -10.8. The van der Waals surface area contributed by atoms with Gasteiger partial charge in [-0.15, -0.1) is 20.5 Å². The van der Waals surface area contributed by atoms with E-state index in [-0.39, 0.29) is 86.0 Å². The summed E-state index contributed by atoms with van der Waals surface area (Å²) >= 11 is 0. The van der Waals surface area contributed by atoms with Gasteiger partial charge < -0.3 is 26.8 Å². The molecule has 0 aliphatic rings. The number of hydrogen-bond acceptors (Lipinski definition) is 17. The number of aromatic carboxylic acids is 2. The lowest BCUT2D eigenvalue weighted by atomic mass is 9.91. The average Bonchev–Trinajstić information content (AvgIpc) is 4.15. The second-order valence-corrected chi connectivity index (χ2v) is 18.7. The molecule has 0 aliphatic heterocycles. The molecule has 75 heavy (non-hydrogen) atoms. The third-order valence-corrected chi connectivity index (χ3v) is 11.4. The molecule has 0 atom stereocenters. The number of rotatable bonds is 12. The number of carbonyl (C=O) groups is 2. The number of nitriles is 1. The van der Waals surface area contributed by atoms with Crippen molar-refractivity contribution in [3.05, 3.63) is 149 Å². The van der Waals surface area contributed by atoms with Gasteiger partial charge in [-0.1, -0.05) is 114 Å². The maximum atomic E-state index is 12.0. The number of aromatic nitrogens is 11. The van der Waals surface area contributed by atoms with Gasteiger partial charge in [-0.25, -0.2) is 23.8 Å². The molecule has 0 aliphatic carbocycles. The second kappa shape index (κ2) is 19.1. The highest BCUT2D eigenvalue weighted by Crippen LogP contribution is 2.44. The van der Waals surface area contributed by atoms with Crippen LogP contribution >= 0.6 is 0 Å². The topological polar surface area (TPSA) is 334 Å². The lowest BCUT2D eigenvalue weighted by Crippen LogP contribution is -2.16. The quantitative estimate of drug-likeness (QED) is 0.0561. The van der Waals surface area contributed by atoms with Crippen molar-refractivity contribution in [3.63, 3.8) is 0 Å². The SMILES string of the molecule is [C-]#[N+]c1c(-c2ccccc2)nn(-c2cccc(C(=O)O)c2)c1N=Nc1c(C(C)(C)C)nn(-c2nc(O)nc(-n3nc(C(C)(C)C)c(N=Nc4c(C#N)c(-c5ccccc5)nn4-c4cccc(C(=O)O)c4)c3N)n2)c1N. The van der Waals surface area contributed by atoms with E-state index < -0.39 is 28.8 Å². The molecule has 0 fully saturated rings. The summed E-state index contributed by atoms with van der Waals surface area (Å²) in [5.41, 5.74) is 15.1. The summed E-state index contributed by atoms with van der Waals surface area (Å²) in [4.78, 5) is 40.7. The van der Waals surface area contributed by atoms with Crippen LogP contribution in [0.4, 0.5) is 40.3 Å². The normalized spacial score (nSPS) is 11.8. The van der Waals surface area contributed by atoms with Gasteiger partial charge in [-0.2, -0.15) is 50.0 Å². The highest BCUT2D eigenvalue weighted by molar-refractivity contribution is 5.89. The van der Waals surface area contributed by atoms with E-state index in [1.165, 1.54) is 39.7 Å².